The second kappa shape index (κ2) is 2.82. The fourth-order valence-corrected chi connectivity index (χ4v) is 1.09. The average Bonchev–Trinajstić information content (AvgIpc) is 2.28. The van der Waals surface area contributed by atoms with E-state index < -0.39 is 11.9 Å². The Labute approximate surface area is 63.5 Å². The molecule has 4 heteroatoms. The molecule has 0 N–H and O–H groups in total. The Hall–Kier alpha value is -1.19. The molecule has 1 fully saturated rings. The minimum absolute atomic E-state index is 0.0194. The van der Waals surface area contributed by atoms with Crippen LogP contribution < -0.4 is 0 Å². The normalized spacial score (nSPS) is 23.9. The highest BCUT2D eigenvalue weighted by Gasteiger charge is 2.36. The molecule has 0 aliphatic heterocycles. The molecule has 0 aromatic carbocycles. The number of ketones is 2. The van der Waals surface area contributed by atoms with Crippen LogP contribution in [0.2, 0.25) is 0 Å². The van der Waals surface area contributed by atoms with E-state index in [1.807, 2.05) is 0 Å². The predicted octanol–water partition coefficient (Wildman–Crippen LogP) is -0.292. The number of Topliss-reactive ketones (excluding diaryl/α,β-unsaturated/α-hetero) is 2. The summed E-state index contributed by atoms with van der Waals surface area (Å²) in [6.45, 7) is 0. The van der Waals surface area contributed by atoms with Crippen molar-refractivity contribution in [2.45, 2.75) is 12.8 Å². The Morgan fingerprint density at radius 2 is 2.18 bits per heavy atom. The van der Waals surface area contributed by atoms with Crippen molar-refractivity contribution in [1.29, 1.82) is 0 Å². The third kappa shape index (κ3) is 1.45. The average molecular weight is 156 g/mol. The van der Waals surface area contributed by atoms with Crippen LogP contribution in [-0.4, -0.2) is 24.6 Å². The summed E-state index contributed by atoms with van der Waals surface area (Å²) in [6.07, 6.45) is -0.0920. The van der Waals surface area contributed by atoms with Crippen LogP contribution in [0.1, 0.15) is 12.8 Å². The monoisotopic (exact) mass is 156 g/mol. The predicted molar refractivity (Wildman–Crippen MR) is 34.8 cm³/mol. The van der Waals surface area contributed by atoms with Crippen LogP contribution in [0.3, 0.4) is 0 Å². The zero-order valence-electron chi connectivity index (χ0n) is 6.12. The van der Waals surface area contributed by atoms with Crippen LogP contribution in [0.15, 0.2) is 0 Å². The minimum Gasteiger partial charge on any atom is -0.468 e. The molecule has 1 aliphatic carbocycles. The third-order valence-electron chi connectivity index (χ3n) is 1.68. The summed E-state index contributed by atoms with van der Waals surface area (Å²) in [6, 6.07) is 0. The van der Waals surface area contributed by atoms with Gasteiger partial charge in [-0.15, -0.1) is 0 Å². The highest BCUT2D eigenvalue weighted by atomic mass is 16.5. The van der Waals surface area contributed by atoms with Crippen LogP contribution in [0, 0.1) is 5.92 Å². The molecule has 1 aliphatic rings. The maximum atomic E-state index is 10.9. The molecule has 0 amide bonds. The zero-order valence-corrected chi connectivity index (χ0v) is 6.12. The van der Waals surface area contributed by atoms with Crippen LogP contribution in [-0.2, 0) is 19.1 Å². The topological polar surface area (TPSA) is 60.4 Å². The smallest absolute Gasteiger partial charge is 0.316 e. The number of carbonyl (C=O) groups is 3. The molecule has 1 rings (SSSR count). The van der Waals surface area contributed by atoms with E-state index in [1.54, 1.807) is 0 Å². The number of hydrogen-bond acceptors (Lipinski definition) is 4. The zero-order chi connectivity index (χ0) is 8.43. The van der Waals surface area contributed by atoms with Crippen LogP contribution in [0.25, 0.3) is 0 Å². The van der Waals surface area contributed by atoms with E-state index in [1.165, 1.54) is 7.11 Å². The summed E-state index contributed by atoms with van der Waals surface area (Å²) in [5, 5.41) is 0. The van der Waals surface area contributed by atoms with Gasteiger partial charge in [-0.25, -0.2) is 0 Å². The van der Waals surface area contributed by atoms with Crippen molar-refractivity contribution in [3.63, 3.8) is 0 Å². The molecule has 11 heavy (non-hydrogen) atoms. The van der Waals surface area contributed by atoms with Crippen molar-refractivity contribution in [3.8, 4) is 0 Å². The molecule has 60 valence electrons. The summed E-state index contributed by atoms with van der Waals surface area (Å²) in [7, 11) is 1.21. The third-order valence-corrected chi connectivity index (χ3v) is 1.68. The van der Waals surface area contributed by atoms with Gasteiger partial charge >= 0.3 is 5.97 Å². The minimum atomic E-state index is -0.826. The van der Waals surface area contributed by atoms with Crippen molar-refractivity contribution < 1.29 is 19.1 Å². The number of methoxy groups -OCH3 is 1. The lowest BCUT2D eigenvalue weighted by molar-refractivity contribution is -0.148. The molecule has 0 aromatic rings. The maximum Gasteiger partial charge on any atom is 0.316 e. The molecule has 1 atom stereocenters. The Balaban J connectivity index is 2.67. The molecular weight excluding hydrogens is 148 g/mol. The number of ether oxygens (including phenoxy) is 1. The van der Waals surface area contributed by atoms with Crippen LogP contribution in [0.4, 0.5) is 0 Å². The maximum absolute atomic E-state index is 10.9. The van der Waals surface area contributed by atoms with Gasteiger partial charge in [-0.05, 0) is 0 Å². The highest BCUT2D eigenvalue weighted by molar-refractivity contribution is 6.15. The van der Waals surface area contributed by atoms with Gasteiger partial charge in [0.1, 0.15) is 11.7 Å². The summed E-state index contributed by atoms with van der Waals surface area (Å²) < 4.78 is 4.34. The highest BCUT2D eigenvalue weighted by Crippen LogP contribution is 2.19. The van der Waals surface area contributed by atoms with E-state index in [0.29, 0.717) is 0 Å². The van der Waals surface area contributed by atoms with Gasteiger partial charge in [-0.1, -0.05) is 0 Å². The van der Waals surface area contributed by atoms with Gasteiger partial charge < -0.3 is 4.74 Å². The van der Waals surface area contributed by atoms with Crippen LogP contribution >= 0.6 is 0 Å². The van der Waals surface area contributed by atoms with Crippen LogP contribution in [0.5, 0.6) is 0 Å². The van der Waals surface area contributed by atoms with Gasteiger partial charge in [0.2, 0.25) is 0 Å². The quantitative estimate of drug-likeness (QED) is 0.386. The Morgan fingerprint density at radius 3 is 2.55 bits per heavy atom. The standard InChI is InChI=1S/C7H8O4/c1-11-7(10)5-2-4(8)3-6(5)9/h5H,2-3H2,1H3. The Kier molecular flexibility index (Phi) is 2.03. The van der Waals surface area contributed by atoms with E-state index in [4.69, 9.17) is 0 Å². The van der Waals surface area contributed by atoms with E-state index >= 15 is 0 Å². The SMILES string of the molecule is COC(=O)C1CC(=O)CC1=O. The van der Waals surface area contributed by atoms with Crippen molar-refractivity contribution in [2.75, 3.05) is 7.11 Å². The number of carbonyl (C=O) groups excluding carboxylic acids is 3. The summed E-state index contributed by atoms with van der Waals surface area (Å²) in [5.74, 6) is -1.92. The molecule has 1 saturated carbocycles. The van der Waals surface area contributed by atoms with Gasteiger partial charge in [0.15, 0.2) is 5.78 Å². The molecular formula is C7H8O4. The molecule has 1 unspecified atom stereocenters. The second-order valence-corrected chi connectivity index (χ2v) is 2.46. The fourth-order valence-electron chi connectivity index (χ4n) is 1.09. The fraction of sp³-hybridized carbons (Fsp3) is 0.571. The van der Waals surface area contributed by atoms with Gasteiger partial charge in [0.25, 0.3) is 0 Å². The first-order chi connectivity index (χ1) is 5.15. The molecule has 0 radical (unpaired) electrons. The summed E-state index contributed by atoms with van der Waals surface area (Å²) in [4.78, 5) is 32.3. The lowest BCUT2D eigenvalue weighted by Gasteiger charge is -2.01. The largest absolute Gasteiger partial charge is 0.468 e. The number of esters is 1. The van der Waals surface area contributed by atoms with E-state index in [2.05, 4.69) is 4.74 Å². The second-order valence-electron chi connectivity index (χ2n) is 2.46. The molecule has 0 heterocycles. The molecule has 0 spiro atoms. The molecule has 0 saturated heterocycles. The lowest BCUT2D eigenvalue weighted by atomic mass is 10.1. The molecule has 0 aromatic heterocycles. The van der Waals surface area contributed by atoms with Crippen molar-refractivity contribution in [3.05, 3.63) is 0 Å². The van der Waals surface area contributed by atoms with Crippen molar-refractivity contribution in [1.82, 2.24) is 0 Å². The van der Waals surface area contributed by atoms with E-state index in [-0.39, 0.29) is 24.4 Å². The van der Waals surface area contributed by atoms with Gasteiger partial charge in [-0.2, -0.15) is 0 Å². The summed E-state index contributed by atoms with van der Waals surface area (Å²) in [5.41, 5.74) is 0. The molecule has 4 nitrogen and oxygen atoms in total. The first-order valence-corrected chi connectivity index (χ1v) is 3.27. The van der Waals surface area contributed by atoms with Crippen molar-refractivity contribution >= 4 is 17.5 Å². The number of hydrogen-bond donors (Lipinski definition) is 0. The van der Waals surface area contributed by atoms with Crippen molar-refractivity contribution in [2.24, 2.45) is 5.92 Å². The lowest BCUT2D eigenvalue weighted by Crippen LogP contribution is -2.19. The van der Waals surface area contributed by atoms with Gasteiger partial charge in [0.05, 0.1) is 13.5 Å². The van der Waals surface area contributed by atoms with Gasteiger partial charge in [-0.3, -0.25) is 14.4 Å². The summed E-state index contributed by atoms with van der Waals surface area (Å²) >= 11 is 0. The Morgan fingerprint density at radius 1 is 1.55 bits per heavy atom. The van der Waals surface area contributed by atoms with E-state index in [0.717, 1.165) is 0 Å². The van der Waals surface area contributed by atoms with E-state index in [9.17, 15) is 14.4 Å². The first kappa shape index (κ1) is 7.91. The number of rotatable bonds is 1. The Bertz CT molecular complexity index is 218. The molecule has 0 bridgehead atoms. The first-order valence-electron chi connectivity index (χ1n) is 3.27. The van der Waals surface area contributed by atoms with Gasteiger partial charge in [0, 0.05) is 6.42 Å².